The van der Waals surface area contributed by atoms with Crippen LogP contribution in [0.25, 0.3) is 11.1 Å². The SMILES string of the molecule is COc1ccc2c(c1)C(=O)N(C[C@@]1(c3cc4nc(Nc5cccnc5)ccc4o3)CC(=O)NC1=O)C2. The van der Waals surface area contributed by atoms with Crippen LogP contribution >= 0.6 is 0 Å². The second-order valence-electron chi connectivity index (χ2n) is 8.88. The number of anilines is 2. The zero-order valence-electron chi connectivity index (χ0n) is 19.3. The van der Waals surface area contributed by atoms with Crippen LogP contribution < -0.4 is 15.4 Å². The summed E-state index contributed by atoms with van der Waals surface area (Å²) in [6.07, 6.45) is 3.23. The van der Waals surface area contributed by atoms with Crippen molar-refractivity contribution in [1.82, 2.24) is 20.2 Å². The number of rotatable bonds is 6. The number of aromatic nitrogens is 2. The number of fused-ring (bicyclic) bond motifs is 2. The minimum Gasteiger partial charge on any atom is -0.497 e. The van der Waals surface area contributed by atoms with Crippen molar-refractivity contribution in [3.05, 3.63) is 77.8 Å². The van der Waals surface area contributed by atoms with Crippen LogP contribution in [0.4, 0.5) is 11.5 Å². The highest BCUT2D eigenvalue weighted by Crippen LogP contribution is 2.39. The number of hydrogen-bond acceptors (Lipinski definition) is 8. The number of benzene rings is 1. The molecule has 2 aliphatic heterocycles. The highest BCUT2D eigenvalue weighted by molar-refractivity contribution is 6.10. The maximum Gasteiger partial charge on any atom is 0.254 e. The lowest BCUT2D eigenvalue weighted by molar-refractivity contribution is -0.127. The molecule has 0 saturated carbocycles. The molecule has 1 fully saturated rings. The van der Waals surface area contributed by atoms with Gasteiger partial charge in [0.25, 0.3) is 5.91 Å². The molecule has 3 aromatic heterocycles. The molecule has 6 rings (SSSR count). The Morgan fingerprint density at radius 3 is 2.81 bits per heavy atom. The van der Waals surface area contributed by atoms with Gasteiger partial charge in [0.1, 0.15) is 28.3 Å². The molecule has 1 aromatic carbocycles. The van der Waals surface area contributed by atoms with E-state index in [1.54, 1.807) is 47.6 Å². The van der Waals surface area contributed by atoms with E-state index in [9.17, 15) is 14.4 Å². The smallest absolute Gasteiger partial charge is 0.254 e. The van der Waals surface area contributed by atoms with Gasteiger partial charge in [-0.15, -0.1) is 0 Å². The number of carbonyl (C=O) groups is 3. The third-order valence-electron chi connectivity index (χ3n) is 6.59. The minimum absolute atomic E-state index is 0.0129. The highest BCUT2D eigenvalue weighted by Gasteiger charge is 2.53. The van der Waals surface area contributed by atoms with Crippen LogP contribution in [-0.4, -0.2) is 46.2 Å². The summed E-state index contributed by atoms with van der Waals surface area (Å²) in [6, 6.07) is 14.2. The normalized spacial score (nSPS) is 19.0. The molecular formula is C26H21N5O5. The van der Waals surface area contributed by atoms with Crippen molar-refractivity contribution in [2.45, 2.75) is 18.4 Å². The molecule has 0 bridgehead atoms. The average molecular weight is 483 g/mol. The quantitative estimate of drug-likeness (QED) is 0.401. The molecule has 180 valence electrons. The van der Waals surface area contributed by atoms with Crippen molar-refractivity contribution < 1.29 is 23.5 Å². The molecule has 0 radical (unpaired) electrons. The Bertz CT molecular complexity index is 1530. The highest BCUT2D eigenvalue weighted by atomic mass is 16.5. The molecule has 5 heterocycles. The van der Waals surface area contributed by atoms with Gasteiger partial charge >= 0.3 is 0 Å². The van der Waals surface area contributed by atoms with Gasteiger partial charge in [-0.25, -0.2) is 4.98 Å². The fourth-order valence-corrected chi connectivity index (χ4v) is 4.78. The predicted molar refractivity (Wildman–Crippen MR) is 129 cm³/mol. The van der Waals surface area contributed by atoms with Crippen molar-refractivity contribution in [3.8, 4) is 5.75 Å². The number of nitrogens with one attached hydrogen (secondary N) is 2. The fourth-order valence-electron chi connectivity index (χ4n) is 4.78. The lowest BCUT2D eigenvalue weighted by Crippen LogP contribution is -2.46. The van der Waals surface area contributed by atoms with Crippen LogP contribution in [0.3, 0.4) is 0 Å². The van der Waals surface area contributed by atoms with Crippen molar-refractivity contribution in [2.75, 3.05) is 19.0 Å². The van der Waals surface area contributed by atoms with E-state index >= 15 is 0 Å². The summed E-state index contributed by atoms with van der Waals surface area (Å²) in [7, 11) is 1.54. The zero-order valence-corrected chi connectivity index (χ0v) is 19.3. The van der Waals surface area contributed by atoms with Crippen molar-refractivity contribution in [3.63, 3.8) is 0 Å². The molecular weight excluding hydrogens is 462 g/mol. The van der Waals surface area contributed by atoms with Gasteiger partial charge in [-0.1, -0.05) is 6.07 Å². The van der Waals surface area contributed by atoms with Gasteiger partial charge in [-0.3, -0.25) is 24.7 Å². The summed E-state index contributed by atoms with van der Waals surface area (Å²) < 4.78 is 11.3. The van der Waals surface area contributed by atoms with Crippen LogP contribution in [0.5, 0.6) is 5.75 Å². The Balaban J connectivity index is 1.34. The third-order valence-corrected chi connectivity index (χ3v) is 6.59. The molecule has 3 amide bonds. The van der Waals surface area contributed by atoms with Crippen LogP contribution in [0.15, 0.2) is 65.3 Å². The van der Waals surface area contributed by atoms with Crippen LogP contribution in [-0.2, 0) is 21.5 Å². The Labute approximate surface area is 205 Å². The number of ether oxygens (including phenoxy) is 1. The van der Waals surface area contributed by atoms with Gasteiger partial charge in [0.2, 0.25) is 11.8 Å². The van der Waals surface area contributed by atoms with Crippen molar-refractivity contribution in [1.29, 1.82) is 0 Å². The summed E-state index contributed by atoms with van der Waals surface area (Å²) in [6.45, 7) is 0.306. The summed E-state index contributed by atoms with van der Waals surface area (Å²) >= 11 is 0. The minimum atomic E-state index is -1.36. The molecule has 4 aromatic rings. The molecule has 10 nitrogen and oxygen atoms in total. The largest absolute Gasteiger partial charge is 0.497 e. The fraction of sp³-hybridized carbons (Fsp3) is 0.192. The molecule has 36 heavy (non-hydrogen) atoms. The van der Waals surface area contributed by atoms with E-state index in [2.05, 4.69) is 20.6 Å². The van der Waals surface area contributed by atoms with Crippen LogP contribution in [0.1, 0.15) is 28.1 Å². The predicted octanol–water partition coefficient (Wildman–Crippen LogP) is 2.92. The molecule has 2 aliphatic rings. The van der Waals surface area contributed by atoms with Gasteiger partial charge in [0.15, 0.2) is 5.58 Å². The lowest BCUT2D eigenvalue weighted by atomic mass is 9.82. The number of methoxy groups -OCH3 is 1. The first-order valence-electron chi connectivity index (χ1n) is 11.3. The summed E-state index contributed by atoms with van der Waals surface area (Å²) in [5.41, 5.74) is 1.75. The van der Waals surface area contributed by atoms with Gasteiger partial charge in [0.05, 0.1) is 25.4 Å². The molecule has 0 aliphatic carbocycles. The van der Waals surface area contributed by atoms with Crippen molar-refractivity contribution in [2.24, 2.45) is 0 Å². The number of pyridine rings is 2. The topological polar surface area (TPSA) is 127 Å². The van der Waals surface area contributed by atoms with E-state index < -0.39 is 17.2 Å². The Morgan fingerprint density at radius 1 is 1.17 bits per heavy atom. The number of furan rings is 1. The van der Waals surface area contributed by atoms with E-state index in [4.69, 9.17) is 9.15 Å². The van der Waals surface area contributed by atoms with Crippen LogP contribution in [0, 0.1) is 0 Å². The van der Waals surface area contributed by atoms with E-state index in [0.29, 0.717) is 34.8 Å². The maximum atomic E-state index is 13.2. The van der Waals surface area contributed by atoms with E-state index in [1.165, 1.54) is 7.11 Å². The maximum absolute atomic E-state index is 13.2. The number of imide groups is 1. The summed E-state index contributed by atoms with van der Waals surface area (Å²) in [5.74, 6) is 0.287. The first-order valence-corrected chi connectivity index (χ1v) is 11.3. The number of amides is 3. The Kier molecular flexibility index (Phi) is 4.96. The first kappa shape index (κ1) is 21.8. The standard InChI is InChI=1S/C26H21N5O5/c1-35-17-5-4-15-13-31(24(33)18(15)9-17)14-26(11-23(32)30-25(26)34)21-10-19-20(36-21)6-7-22(29-19)28-16-3-2-8-27-12-16/h2-10,12H,11,13-14H2,1H3,(H,28,29)(H,30,32,34)/t26-/m1/s1. The second kappa shape index (κ2) is 8.19. The van der Waals surface area contributed by atoms with Gasteiger partial charge < -0.3 is 19.4 Å². The van der Waals surface area contributed by atoms with E-state index in [0.717, 1.165) is 11.3 Å². The third kappa shape index (κ3) is 3.54. The van der Waals surface area contributed by atoms with Gasteiger partial charge in [0, 0.05) is 30.9 Å². The van der Waals surface area contributed by atoms with E-state index in [-0.39, 0.29) is 24.6 Å². The number of carbonyl (C=O) groups excluding carboxylic acids is 3. The Morgan fingerprint density at radius 2 is 2.06 bits per heavy atom. The number of hydrogen-bond donors (Lipinski definition) is 2. The molecule has 0 unspecified atom stereocenters. The molecule has 2 N–H and O–H groups in total. The van der Waals surface area contributed by atoms with Gasteiger partial charge in [-0.05, 0) is 42.0 Å². The molecule has 1 atom stereocenters. The molecule has 10 heteroatoms. The summed E-state index contributed by atoms with van der Waals surface area (Å²) in [4.78, 5) is 49.0. The lowest BCUT2D eigenvalue weighted by Gasteiger charge is -2.28. The summed E-state index contributed by atoms with van der Waals surface area (Å²) in [5, 5.41) is 5.56. The monoisotopic (exact) mass is 483 g/mol. The molecule has 1 saturated heterocycles. The second-order valence-corrected chi connectivity index (χ2v) is 8.88. The van der Waals surface area contributed by atoms with E-state index in [1.807, 2.05) is 18.2 Å². The zero-order chi connectivity index (χ0) is 24.9. The van der Waals surface area contributed by atoms with Gasteiger partial charge in [-0.2, -0.15) is 0 Å². The number of nitrogens with zero attached hydrogens (tertiary/aromatic N) is 3. The Hall–Kier alpha value is -4.73. The van der Waals surface area contributed by atoms with Crippen molar-refractivity contribution >= 4 is 40.3 Å². The molecule has 0 spiro atoms. The van der Waals surface area contributed by atoms with Crippen LogP contribution in [0.2, 0.25) is 0 Å². The average Bonchev–Trinajstić information content (AvgIpc) is 3.53. The first-order chi connectivity index (χ1) is 17.4.